The number of sulfonamides is 1. The van der Waals surface area contributed by atoms with E-state index in [0.29, 0.717) is 28.4 Å². The Bertz CT molecular complexity index is 1440. The van der Waals surface area contributed by atoms with E-state index in [9.17, 15) is 13.2 Å². The van der Waals surface area contributed by atoms with E-state index >= 15 is 0 Å². The highest BCUT2D eigenvalue weighted by Gasteiger charge is 2.20. The minimum absolute atomic E-state index is 0.351. The van der Waals surface area contributed by atoms with Crippen molar-refractivity contribution in [2.24, 2.45) is 0 Å². The predicted octanol–water partition coefficient (Wildman–Crippen LogP) is 4.48. The molecule has 0 spiro atoms. The van der Waals surface area contributed by atoms with Crippen molar-refractivity contribution in [2.45, 2.75) is 6.92 Å². The first-order valence-corrected chi connectivity index (χ1v) is 12.3. The normalized spacial score (nSPS) is 11.1. The maximum Gasteiger partial charge on any atom is 0.259 e. The summed E-state index contributed by atoms with van der Waals surface area (Å²) >= 11 is 0. The molecular weight excluding hydrogens is 452 g/mol. The van der Waals surface area contributed by atoms with E-state index in [2.05, 4.69) is 10.0 Å². The molecule has 1 amide bonds. The van der Waals surface area contributed by atoms with Crippen LogP contribution in [0.25, 0.3) is 16.9 Å². The van der Waals surface area contributed by atoms with Gasteiger partial charge in [-0.15, -0.1) is 0 Å². The van der Waals surface area contributed by atoms with Crippen LogP contribution in [-0.2, 0) is 10.0 Å². The van der Waals surface area contributed by atoms with Crippen molar-refractivity contribution < 1.29 is 17.9 Å². The van der Waals surface area contributed by atoms with Crippen LogP contribution >= 0.6 is 0 Å². The van der Waals surface area contributed by atoms with Crippen molar-refractivity contribution in [3.8, 4) is 22.7 Å². The van der Waals surface area contributed by atoms with Gasteiger partial charge in [-0.05, 0) is 49.4 Å². The molecule has 9 heteroatoms. The maximum absolute atomic E-state index is 13.3. The average molecular weight is 477 g/mol. The number of nitrogens with zero attached hydrogens (tertiary/aromatic N) is 2. The molecular formula is C25H24N4O4S. The number of rotatable bonds is 7. The predicted molar refractivity (Wildman–Crippen MR) is 133 cm³/mol. The molecule has 8 nitrogen and oxygen atoms in total. The van der Waals surface area contributed by atoms with E-state index < -0.39 is 10.0 Å². The van der Waals surface area contributed by atoms with Gasteiger partial charge < -0.3 is 10.1 Å². The van der Waals surface area contributed by atoms with Gasteiger partial charge in [0.1, 0.15) is 11.4 Å². The fourth-order valence-corrected chi connectivity index (χ4v) is 3.98. The zero-order valence-corrected chi connectivity index (χ0v) is 19.8. The second-order valence-electron chi connectivity index (χ2n) is 7.81. The van der Waals surface area contributed by atoms with E-state index in [-0.39, 0.29) is 5.91 Å². The first-order chi connectivity index (χ1) is 16.2. The number of amides is 1. The van der Waals surface area contributed by atoms with E-state index in [1.54, 1.807) is 42.3 Å². The topological polar surface area (TPSA) is 102 Å². The monoisotopic (exact) mass is 476 g/mol. The number of hydrogen-bond donors (Lipinski definition) is 2. The van der Waals surface area contributed by atoms with Crippen molar-refractivity contribution >= 4 is 27.3 Å². The van der Waals surface area contributed by atoms with Crippen LogP contribution in [-0.4, -0.2) is 37.5 Å². The number of methoxy groups -OCH3 is 1. The Morgan fingerprint density at radius 2 is 1.68 bits per heavy atom. The van der Waals surface area contributed by atoms with E-state index in [1.165, 1.54) is 0 Å². The molecule has 0 saturated carbocycles. The van der Waals surface area contributed by atoms with E-state index in [1.807, 2.05) is 55.5 Å². The molecule has 2 N–H and O–H groups in total. The molecule has 174 valence electrons. The molecule has 4 rings (SSSR count). The summed E-state index contributed by atoms with van der Waals surface area (Å²) in [6.07, 6.45) is 2.74. The number of aryl methyl sites for hydroxylation is 1. The molecule has 4 aromatic rings. The number of ether oxygens (including phenoxy) is 1. The molecule has 0 bridgehead atoms. The highest BCUT2D eigenvalue weighted by Crippen LogP contribution is 2.28. The fraction of sp³-hybridized carbons (Fsp3) is 0.120. The van der Waals surface area contributed by atoms with Gasteiger partial charge in [-0.2, -0.15) is 5.10 Å². The SMILES string of the molecule is COc1cccc(-c2nn(-c3ccc(C)cc3)cc2C(=O)Nc2cccc(NS(C)(=O)=O)c2)c1. The summed E-state index contributed by atoms with van der Waals surface area (Å²) in [5, 5.41) is 7.53. The molecule has 0 aliphatic carbocycles. The van der Waals surface area contributed by atoms with Gasteiger partial charge in [0.2, 0.25) is 10.0 Å². The van der Waals surface area contributed by atoms with Crippen molar-refractivity contribution in [1.82, 2.24) is 9.78 Å². The number of aromatic nitrogens is 2. The maximum atomic E-state index is 13.3. The lowest BCUT2D eigenvalue weighted by molar-refractivity contribution is 0.102. The second-order valence-corrected chi connectivity index (χ2v) is 9.56. The van der Waals surface area contributed by atoms with E-state index in [0.717, 1.165) is 23.1 Å². The summed E-state index contributed by atoms with van der Waals surface area (Å²) in [6, 6.07) is 21.6. The van der Waals surface area contributed by atoms with Gasteiger partial charge in [-0.3, -0.25) is 9.52 Å². The minimum atomic E-state index is -3.44. The molecule has 34 heavy (non-hydrogen) atoms. The Morgan fingerprint density at radius 1 is 0.971 bits per heavy atom. The van der Waals surface area contributed by atoms with Crippen LogP contribution < -0.4 is 14.8 Å². The Hall–Kier alpha value is -4.11. The Labute approximate surface area is 198 Å². The number of hydrogen-bond acceptors (Lipinski definition) is 5. The first kappa shape index (κ1) is 23.1. The molecule has 1 aromatic heterocycles. The molecule has 0 saturated heterocycles. The molecule has 0 unspecified atom stereocenters. The summed E-state index contributed by atoms with van der Waals surface area (Å²) < 4.78 is 32.5. The molecule has 1 heterocycles. The number of carbonyl (C=O) groups excluding carboxylic acids is 1. The third-order valence-electron chi connectivity index (χ3n) is 5.02. The van der Waals surface area contributed by atoms with Gasteiger partial charge >= 0.3 is 0 Å². The van der Waals surface area contributed by atoms with Crippen LogP contribution in [0.2, 0.25) is 0 Å². The molecule has 3 aromatic carbocycles. The molecule has 0 aliphatic heterocycles. The van der Waals surface area contributed by atoms with Crippen LogP contribution in [0, 0.1) is 6.92 Å². The summed E-state index contributed by atoms with van der Waals surface area (Å²) in [5.74, 6) is 0.265. The summed E-state index contributed by atoms with van der Waals surface area (Å²) in [5.41, 5.74) is 4.29. The van der Waals surface area contributed by atoms with Crippen molar-refractivity contribution in [1.29, 1.82) is 0 Å². The number of benzene rings is 3. The summed E-state index contributed by atoms with van der Waals surface area (Å²) in [4.78, 5) is 13.3. The van der Waals surface area contributed by atoms with Crippen LogP contribution in [0.1, 0.15) is 15.9 Å². The smallest absolute Gasteiger partial charge is 0.259 e. The van der Waals surface area contributed by atoms with Crippen LogP contribution in [0.15, 0.2) is 79.0 Å². The number of carbonyl (C=O) groups is 1. The lowest BCUT2D eigenvalue weighted by Gasteiger charge is -2.09. The molecule has 0 radical (unpaired) electrons. The van der Waals surface area contributed by atoms with Gasteiger partial charge in [-0.25, -0.2) is 13.1 Å². The van der Waals surface area contributed by atoms with Gasteiger partial charge in [0, 0.05) is 17.4 Å². The fourth-order valence-electron chi connectivity index (χ4n) is 3.43. The highest BCUT2D eigenvalue weighted by atomic mass is 32.2. The minimum Gasteiger partial charge on any atom is -0.497 e. The van der Waals surface area contributed by atoms with Crippen molar-refractivity contribution in [2.75, 3.05) is 23.4 Å². The second kappa shape index (κ2) is 9.40. The number of anilines is 2. The molecule has 0 atom stereocenters. The average Bonchev–Trinajstić information content (AvgIpc) is 3.24. The Kier molecular flexibility index (Phi) is 6.38. The number of nitrogens with one attached hydrogen (secondary N) is 2. The van der Waals surface area contributed by atoms with Crippen LogP contribution in [0.3, 0.4) is 0 Å². The lowest BCUT2D eigenvalue weighted by Crippen LogP contribution is -2.13. The summed E-state index contributed by atoms with van der Waals surface area (Å²) in [6.45, 7) is 2.00. The largest absolute Gasteiger partial charge is 0.497 e. The highest BCUT2D eigenvalue weighted by molar-refractivity contribution is 7.92. The quantitative estimate of drug-likeness (QED) is 0.409. The van der Waals surface area contributed by atoms with Crippen molar-refractivity contribution in [3.63, 3.8) is 0 Å². The van der Waals surface area contributed by atoms with Crippen LogP contribution in [0.4, 0.5) is 11.4 Å². The zero-order valence-electron chi connectivity index (χ0n) is 18.9. The van der Waals surface area contributed by atoms with Gasteiger partial charge in [0.25, 0.3) is 5.91 Å². The third-order valence-corrected chi connectivity index (χ3v) is 5.63. The van der Waals surface area contributed by atoms with E-state index in [4.69, 9.17) is 9.84 Å². The Morgan fingerprint density at radius 3 is 2.38 bits per heavy atom. The lowest BCUT2D eigenvalue weighted by atomic mass is 10.1. The van der Waals surface area contributed by atoms with Gasteiger partial charge in [0.05, 0.1) is 30.3 Å². The zero-order chi connectivity index (χ0) is 24.3. The summed E-state index contributed by atoms with van der Waals surface area (Å²) in [7, 11) is -1.86. The van der Waals surface area contributed by atoms with Crippen molar-refractivity contribution in [3.05, 3.63) is 90.1 Å². The van der Waals surface area contributed by atoms with Gasteiger partial charge in [0.15, 0.2) is 0 Å². The molecule has 0 aliphatic rings. The Balaban J connectivity index is 1.73. The van der Waals surface area contributed by atoms with Gasteiger partial charge in [-0.1, -0.05) is 35.9 Å². The third kappa shape index (κ3) is 5.44. The molecule has 0 fully saturated rings. The first-order valence-electron chi connectivity index (χ1n) is 10.4. The standard InChI is InChI=1S/C25H24N4O4S/c1-17-10-12-21(13-11-17)29-16-23(24(27-29)18-6-4-9-22(14-18)33-2)25(30)26-19-7-5-8-20(15-19)28-34(3,31)32/h4-16,28H,1-3H3,(H,26,30). The van der Waals surface area contributed by atoms with Crippen LogP contribution in [0.5, 0.6) is 5.75 Å².